The minimum Gasteiger partial charge on any atom is -0.492 e. The highest BCUT2D eigenvalue weighted by Gasteiger charge is 2.04. The molecule has 0 spiro atoms. The summed E-state index contributed by atoms with van der Waals surface area (Å²) in [7, 11) is 0. The molecule has 2 rings (SSSR count). The van der Waals surface area contributed by atoms with Gasteiger partial charge in [0.2, 0.25) is 5.91 Å². The number of para-hydroxylation sites is 2. The predicted molar refractivity (Wildman–Crippen MR) is 86.5 cm³/mol. The molecule has 0 aromatic heterocycles. The topological polar surface area (TPSA) is 64.4 Å². The van der Waals surface area contributed by atoms with E-state index in [-0.39, 0.29) is 5.91 Å². The summed E-state index contributed by atoms with van der Waals surface area (Å²) in [6.45, 7) is 0.937. The molecule has 0 atom stereocenters. The van der Waals surface area contributed by atoms with Gasteiger partial charge in [0.1, 0.15) is 12.4 Å². The Hall–Kier alpha value is -2.14. The lowest BCUT2D eigenvalue weighted by Crippen LogP contribution is -2.29. The van der Waals surface area contributed by atoms with E-state index in [1.54, 1.807) is 0 Å². The molecule has 21 heavy (non-hydrogen) atoms. The average Bonchev–Trinajstić information content (AvgIpc) is 2.52. The molecule has 3 N–H and O–H groups in total. The van der Waals surface area contributed by atoms with Crippen LogP contribution in [0.1, 0.15) is 0 Å². The quantitative estimate of drug-likeness (QED) is 0.469. The summed E-state index contributed by atoms with van der Waals surface area (Å²) in [5.74, 6) is 1.12. The fraction of sp³-hybridized carbons (Fsp3) is 0.188. The van der Waals surface area contributed by atoms with Crippen molar-refractivity contribution in [3.05, 3.63) is 54.6 Å². The molecule has 0 aliphatic carbocycles. The summed E-state index contributed by atoms with van der Waals surface area (Å²) in [6, 6.07) is 17.0. The molecule has 1 amide bonds. The first kappa shape index (κ1) is 15.3. The highest BCUT2D eigenvalue weighted by molar-refractivity contribution is 8.00. The maximum atomic E-state index is 11.7. The summed E-state index contributed by atoms with van der Waals surface area (Å²) in [5.41, 5.74) is 6.52. The normalized spacial score (nSPS) is 10.1. The van der Waals surface area contributed by atoms with Gasteiger partial charge in [-0.05, 0) is 24.3 Å². The maximum absolute atomic E-state index is 11.7. The molecule has 110 valence electrons. The maximum Gasteiger partial charge on any atom is 0.230 e. The fourth-order valence-electron chi connectivity index (χ4n) is 1.68. The van der Waals surface area contributed by atoms with Crippen molar-refractivity contribution in [2.45, 2.75) is 4.90 Å². The van der Waals surface area contributed by atoms with Crippen molar-refractivity contribution < 1.29 is 9.53 Å². The van der Waals surface area contributed by atoms with Crippen molar-refractivity contribution in [3.8, 4) is 5.75 Å². The largest absolute Gasteiger partial charge is 0.492 e. The zero-order chi connectivity index (χ0) is 14.9. The number of nitrogens with one attached hydrogen (secondary N) is 1. The number of rotatable bonds is 7. The number of carbonyl (C=O) groups excluding carboxylic acids is 1. The van der Waals surface area contributed by atoms with Crippen molar-refractivity contribution in [1.29, 1.82) is 0 Å². The Morgan fingerprint density at radius 1 is 1.10 bits per heavy atom. The zero-order valence-corrected chi connectivity index (χ0v) is 12.4. The number of anilines is 1. The number of nitrogens with two attached hydrogens (primary N) is 1. The summed E-state index contributed by atoms with van der Waals surface area (Å²) >= 11 is 1.43. The summed E-state index contributed by atoms with van der Waals surface area (Å²) in [6.07, 6.45) is 0. The Morgan fingerprint density at radius 2 is 1.81 bits per heavy atom. The van der Waals surface area contributed by atoms with Crippen LogP contribution < -0.4 is 15.8 Å². The van der Waals surface area contributed by atoms with Gasteiger partial charge in [-0.1, -0.05) is 30.3 Å². The Morgan fingerprint density at radius 3 is 2.57 bits per heavy atom. The molecule has 0 aliphatic heterocycles. The lowest BCUT2D eigenvalue weighted by molar-refractivity contribution is -0.118. The number of thioether (sulfide) groups is 1. The van der Waals surface area contributed by atoms with E-state index < -0.39 is 0 Å². The van der Waals surface area contributed by atoms with E-state index in [0.717, 1.165) is 10.6 Å². The van der Waals surface area contributed by atoms with E-state index in [1.807, 2.05) is 54.6 Å². The van der Waals surface area contributed by atoms with E-state index >= 15 is 0 Å². The first-order chi connectivity index (χ1) is 10.3. The van der Waals surface area contributed by atoms with Gasteiger partial charge in [-0.15, -0.1) is 11.8 Å². The zero-order valence-electron chi connectivity index (χ0n) is 11.6. The number of benzene rings is 2. The second-order valence-electron chi connectivity index (χ2n) is 4.34. The van der Waals surface area contributed by atoms with Crippen molar-refractivity contribution >= 4 is 23.4 Å². The first-order valence-corrected chi connectivity index (χ1v) is 7.66. The van der Waals surface area contributed by atoms with Gasteiger partial charge in [-0.25, -0.2) is 0 Å². The summed E-state index contributed by atoms with van der Waals surface area (Å²) < 4.78 is 5.50. The highest BCUT2D eigenvalue weighted by Crippen LogP contribution is 2.23. The molecule has 0 saturated carbocycles. The van der Waals surface area contributed by atoms with Crippen LogP contribution in [-0.2, 0) is 4.79 Å². The molecule has 0 saturated heterocycles. The second-order valence-corrected chi connectivity index (χ2v) is 5.36. The minimum atomic E-state index is -0.0279. The molecule has 0 heterocycles. The lowest BCUT2D eigenvalue weighted by Gasteiger charge is -2.08. The molecule has 0 radical (unpaired) electrons. The van der Waals surface area contributed by atoms with Gasteiger partial charge in [0.15, 0.2) is 0 Å². The number of nitrogen functional groups attached to an aromatic ring is 1. The van der Waals surface area contributed by atoms with Crippen LogP contribution in [0.5, 0.6) is 5.75 Å². The van der Waals surface area contributed by atoms with Gasteiger partial charge in [-0.2, -0.15) is 0 Å². The molecule has 0 unspecified atom stereocenters. The van der Waals surface area contributed by atoms with E-state index in [4.69, 9.17) is 10.5 Å². The Labute approximate surface area is 128 Å². The number of amides is 1. The fourth-order valence-corrected chi connectivity index (χ4v) is 2.48. The number of hydrogen-bond acceptors (Lipinski definition) is 4. The van der Waals surface area contributed by atoms with Crippen LogP contribution in [0.25, 0.3) is 0 Å². The minimum absolute atomic E-state index is 0.0279. The number of carbonyl (C=O) groups is 1. The Balaban J connectivity index is 1.63. The standard InChI is InChI=1S/C16H18N2O2S/c17-14-8-4-5-9-15(14)21-12-16(19)18-10-11-20-13-6-2-1-3-7-13/h1-9H,10-12,17H2,(H,18,19). The van der Waals surface area contributed by atoms with Crippen molar-refractivity contribution in [2.24, 2.45) is 0 Å². The van der Waals surface area contributed by atoms with Gasteiger partial charge in [-0.3, -0.25) is 4.79 Å². The van der Waals surface area contributed by atoms with Crippen LogP contribution >= 0.6 is 11.8 Å². The van der Waals surface area contributed by atoms with Crippen LogP contribution in [-0.4, -0.2) is 24.8 Å². The van der Waals surface area contributed by atoms with Crippen molar-refractivity contribution in [2.75, 3.05) is 24.6 Å². The molecular formula is C16H18N2O2S. The molecular weight excluding hydrogens is 284 g/mol. The third kappa shape index (κ3) is 5.39. The van der Waals surface area contributed by atoms with E-state index in [0.29, 0.717) is 24.6 Å². The van der Waals surface area contributed by atoms with Gasteiger partial charge in [0.05, 0.1) is 12.3 Å². The van der Waals surface area contributed by atoms with Gasteiger partial charge < -0.3 is 15.8 Å². The monoisotopic (exact) mass is 302 g/mol. The number of ether oxygens (including phenoxy) is 1. The SMILES string of the molecule is Nc1ccccc1SCC(=O)NCCOc1ccccc1. The molecule has 5 heteroatoms. The molecule has 0 aliphatic rings. The van der Waals surface area contributed by atoms with Crippen LogP contribution in [0.3, 0.4) is 0 Å². The van der Waals surface area contributed by atoms with Crippen LogP contribution in [0.15, 0.2) is 59.5 Å². The van der Waals surface area contributed by atoms with E-state index in [2.05, 4.69) is 5.32 Å². The summed E-state index contributed by atoms with van der Waals surface area (Å²) in [5, 5.41) is 2.82. The van der Waals surface area contributed by atoms with Gasteiger partial charge >= 0.3 is 0 Å². The number of hydrogen-bond donors (Lipinski definition) is 2. The molecule has 4 nitrogen and oxygen atoms in total. The molecule has 0 fully saturated rings. The first-order valence-electron chi connectivity index (χ1n) is 6.67. The third-order valence-corrected chi connectivity index (χ3v) is 3.80. The lowest BCUT2D eigenvalue weighted by atomic mass is 10.3. The second kappa shape index (κ2) is 8.21. The predicted octanol–water partition coefficient (Wildman–Crippen LogP) is 2.56. The Kier molecular flexibility index (Phi) is 5.97. The van der Waals surface area contributed by atoms with Crippen LogP contribution in [0, 0.1) is 0 Å². The van der Waals surface area contributed by atoms with Crippen LogP contribution in [0.2, 0.25) is 0 Å². The third-order valence-electron chi connectivity index (χ3n) is 2.71. The van der Waals surface area contributed by atoms with Crippen molar-refractivity contribution in [1.82, 2.24) is 5.32 Å². The average molecular weight is 302 g/mol. The van der Waals surface area contributed by atoms with Gasteiger partial charge in [0.25, 0.3) is 0 Å². The smallest absolute Gasteiger partial charge is 0.230 e. The van der Waals surface area contributed by atoms with E-state index in [9.17, 15) is 4.79 Å². The Bertz CT molecular complexity index is 575. The molecule has 2 aromatic rings. The van der Waals surface area contributed by atoms with E-state index in [1.165, 1.54) is 11.8 Å². The summed E-state index contributed by atoms with van der Waals surface area (Å²) in [4.78, 5) is 12.6. The molecule has 0 bridgehead atoms. The highest BCUT2D eigenvalue weighted by atomic mass is 32.2. The molecule has 2 aromatic carbocycles. The van der Waals surface area contributed by atoms with Gasteiger partial charge in [0, 0.05) is 10.6 Å². The van der Waals surface area contributed by atoms with Crippen LogP contribution in [0.4, 0.5) is 5.69 Å². The van der Waals surface area contributed by atoms with Crippen molar-refractivity contribution in [3.63, 3.8) is 0 Å².